The molecule has 1 aliphatic heterocycles. The van der Waals surface area contributed by atoms with Gasteiger partial charge in [0.1, 0.15) is 5.82 Å². The third-order valence-electron chi connectivity index (χ3n) is 5.19. The van der Waals surface area contributed by atoms with Crippen LogP contribution in [0.4, 0.5) is 10.1 Å². The first kappa shape index (κ1) is 13.6. The highest BCUT2D eigenvalue weighted by Crippen LogP contribution is 2.51. The van der Waals surface area contributed by atoms with E-state index in [1.807, 2.05) is 12.1 Å². The Hall–Kier alpha value is -2.09. The third kappa shape index (κ3) is 1.90. The summed E-state index contributed by atoms with van der Waals surface area (Å²) in [6.45, 7) is 4.30. The minimum atomic E-state index is -0.112. The van der Waals surface area contributed by atoms with E-state index >= 15 is 0 Å². The van der Waals surface area contributed by atoms with Crippen molar-refractivity contribution >= 4 is 5.69 Å². The Morgan fingerprint density at radius 3 is 2.64 bits per heavy atom. The number of hydrogen-bond donors (Lipinski definition) is 1. The van der Waals surface area contributed by atoms with Crippen molar-refractivity contribution in [2.75, 3.05) is 5.32 Å². The zero-order chi connectivity index (χ0) is 15.3. The van der Waals surface area contributed by atoms with E-state index in [4.69, 9.17) is 0 Å². The molecule has 0 fully saturated rings. The maximum absolute atomic E-state index is 14.3. The summed E-state index contributed by atoms with van der Waals surface area (Å²) in [6, 6.07) is 11.5. The average Bonchev–Trinajstić information content (AvgIpc) is 3.00. The van der Waals surface area contributed by atoms with Crippen LogP contribution in [0, 0.1) is 25.6 Å². The molecule has 0 bridgehead atoms. The fraction of sp³-hybridized carbons (Fsp3) is 0.300. The fourth-order valence-corrected chi connectivity index (χ4v) is 4.08. The van der Waals surface area contributed by atoms with Crippen LogP contribution < -0.4 is 5.32 Å². The normalized spacial score (nSPS) is 25.5. The topological polar surface area (TPSA) is 12.0 Å². The lowest BCUT2D eigenvalue weighted by Crippen LogP contribution is -2.30. The van der Waals surface area contributed by atoms with Gasteiger partial charge in [0.2, 0.25) is 0 Å². The van der Waals surface area contributed by atoms with E-state index in [1.165, 1.54) is 22.4 Å². The molecular weight excluding hydrogens is 273 g/mol. The van der Waals surface area contributed by atoms with E-state index in [2.05, 4.69) is 43.4 Å². The van der Waals surface area contributed by atoms with E-state index < -0.39 is 0 Å². The summed E-state index contributed by atoms with van der Waals surface area (Å²) < 4.78 is 14.3. The molecule has 2 aliphatic rings. The molecule has 1 aliphatic carbocycles. The molecule has 2 aromatic rings. The molecule has 3 atom stereocenters. The molecule has 0 radical (unpaired) electrons. The van der Waals surface area contributed by atoms with E-state index in [1.54, 1.807) is 12.1 Å². The molecule has 0 aromatic heterocycles. The van der Waals surface area contributed by atoms with Crippen LogP contribution >= 0.6 is 0 Å². The van der Waals surface area contributed by atoms with Gasteiger partial charge in [0.15, 0.2) is 0 Å². The van der Waals surface area contributed by atoms with Crippen molar-refractivity contribution in [2.24, 2.45) is 5.92 Å². The number of rotatable bonds is 1. The van der Waals surface area contributed by atoms with Crippen LogP contribution in [0.25, 0.3) is 0 Å². The first-order valence-corrected chi connectivity index (χ1v) is 7.94. The van der Waals surface area contributed by atoms with Gasteiger partial charge in [-0.3, -0.25) is 0 Å². The van der Waals surface area contributed by atoms with Crippen molar-refractivity contribution in [3.05, 3.63) is 76.6 Å². The summed E-state index contributed by atoms with van der Waals surface area (Å²) in [4.78, 5) is 0. The van der Waals surface area contributed by atoms with Gasteiger partial charge in [0, 0.05) is 17.2 Å². The highest BCUT2D eigenvalue weighted by atomic mass is 19.1. The van der Waals surface area contributed by atoms with Gasteiger partial charge < -0.3 is 5.32 Å². The maximum atomic E-state index is 14.3. The molecule has 2 heteroatoms. The van der Waals surface area contributed by atoms with Crippen LogP contribution in [0.2, 0.25) is 0 Å². The van der Waals surface area contributed by atoms with Gasteiger partial charge in [0.25, 0.3) is 0 Å². The first-order chi connectivity index (χ1) is 10.7. The van der Waals surface area contributed by atoms with Gasteiger partial charge in [0.05, 0.1) is 6.04 Å². The second-order valence-corrected chi connectivity index (χ2v) is 6.49. The van der Waals surface area contributed by atoms with E-state index in [-0.39, 0.29) is 11.9 Å². The average molecular weight is 293 g/mol. The van der Waals surface area contributed by atoms with Crippen LogP contribution in [-0.4, -0.2) is 0 Å². The predicted molar refractivity (Wildman–Crippen MR) is 88.7 cm³/mol. The number of nitrogens with one attached hydrogen (secondary N) is 1. The van der Waals surface area contributed by atoms with Crippen LogP contribution in [0.5, 0.6) is 0 Å². The minimum Gasteiger partial charge on any atom is -0.377 e. The highest BCUT2D eigenvalue weighted by Gasteiger charge is 2.39. The van der Waals surface area contributed by atoms with Crippen molar-refractivity contribution in [1.82, 2.24) is 0 Å². The summed E-state index contributed by atoms with van der Waals surface area (Å²) in [5, 5.41) is 3.65. The summed E-state index contributed by atoms with van der Waals surface area (Å²) in [5.41, 5.74) is 5.93. The fourth-order valence-electron chi connectivity index (χ4n) is 4.08. The lowest BCUT2D eigenvalue weighted by atomic mass is 9.75. The lowest BCUT2D eigenvalue weighted by molar-refractivity contribution is 0.412. The van der Waals surface area contributed by atoms with Crippen LogP contribution in [0.15, 0.2) is 48.6 Å². The predicted octanol–water partition coefficient (Wildman–Crippen LogP) is 5.27. The largest absolute Gasteiger partial charge is 0.377 e. The highest BCUT2D eigenvalue weighted by molar-refractivity contribution is 5.66. The molecule has 1 N–H and O–H groups in total. The molecule has 0 unspecified atom stereocenters. The van der Waals surface area contributed by atoms with Gasteiger partial charge in [-0.1, -0.05) is 42.5 Å². The maximum Gasteiger partial charge on any atom is 0.128 e. The number of hydrogen-bond acceptors (Lipinski definition) is 1. The summed E-state index contributed by atoms with van der Waals surface area (Å²) in [6.07, 6.45) is 5.57. The molecule has 2 aromatic carbocycles. The number of benzene rings is 2. The molecule has 112 valence electrons. The van der Waals surface area contributed by atoms with Gasteiger partial charge in [-0.25, -0.2) is 4.39 Å². The number of aryl methyl sites for hydroxylation is 2. The minimum absolute atomic E-state index is 0.0363. The molecule has 1 heterocycles. The van der Waals surface area contributed by atoms with Crippen LogP contribution in [0.3, 0.4) is 0 Å². The second-order valence-electron chi connectivity index (χ2n) is 6.49. The van der Waals surface area contributed by atoms with Crippen molar-refractivity contribution in [1.29, 1.82) is 0 Å². The zero-order valence-electron chi connectivity index (χ0n) is 12.9. The van der Waals surface area contributed by atoms with Gasteiger partial charge in [-0.15, -0.1) is 0 Å². The number of fused-ring (bicyclic) bond motifs is 3. The Morgan fingerprint density at radius 2 is 1.82 bits per heavy atom. The first-order valence-electron chi connectivity index (χ1n) is 7.94. The Kier molecular flexibility index (Phi) is 3.07. The smallest absolute Gasteiger partial charge is 0.128 e. The summed E-state index contributed by atoms with van der Waals surface area (Å²) >= 11 is 0. The third-order valence-corrected chi connectivity index (χ3v) is 5.19. The van der Waals surface area contributed by atoms with Crippen molar-refractivity contribution in [3.63, 3.8) is 0 Å². The summed E-state index contributed by atoms with van der Waals surface area (Å²) in [7, 11) is 0. The monoisotopic (exact) mass is 293 g/mol. The standard InChI is InChI=1S/C20H20FN/c1-12-10-11-13(2)19-18(12)14-7-5-8-15(14)20(22-19)16-6-3-4-9-17(16)21/h3-7,9-11,14-15,20,22H,8H2,1-2H3/t14-,15+,20+/m1/s1. The zero-order valence-corrected chi connectivity index (χ0v) is 12.9. The number of halogens is 1. The summed E-state index contributed by atoms with van der Waals surface area (Å²) in [5.74, 6) is 0.671. The molecule has 0 saturated heterocycles. The SMILES string of the molecule is Cc1ccc(C)c2c1N[C@H](c1ccccc1F)[C@H]1CC=C[C@@H]21. The Morgan fingerprint density at radius 1 is 1.05 bits per heavy atom. The van der Waals surface area contributed by atoms with Gasteiger partial charge in [-0.05, 0) is 48.9 Å². The van der Waals surface area contributed by atoms with E-state index in [0.717, 1.165) is 12.0 Å². The molecule has 0 spiro atoms. The number of allylic oxidation sites excluding steroid dienone is 2. The Bertz CT molecular complexity index is 762. The quantitative estimate of drug-likeness (QED) is 0.706. The van der Waals surface area contributed by atoms with Gasteiger partial charge in [-0.2, -0.15) is 0 Å². The van der Waals surface area contributed by atoms with Crippen LogP contribution in [-0.2, 0) is 0 Å². The van der Waals surface area contributed by atoms with Crippen molar-refractivity contribution in [3.8, 4) is 0 Å². The molecule has 4 rings (SSSR count). The van der Waals surface area contributed by atoms with Crippen LogP contribution in [0.1, 0.15) is 40.6 Å². The molecular formula is C20H20FN. The molecule has 0 amide bonds. The Balaban J connectivity index is 1.88. The molecule has 1 nitrogen and oxygen atoms in total. The van der Waals surface area contributed by atoms with Crippen molar-refractivity contribution < 1.29 is 4.39 Å². The van der Waals surface area contributed by atoms with E-state index in [9.17, 15) is 4.39 Å². The van der Waals surface area contributed by atoms with Crippen molar-refractivity contribution in [2.45, 2.75) is 32.2 Å². The molecule has 22 heavy (non-hydrogen) atoms. The van der Waals surface area contributed by atoms with Gasteiger partial charge >= 0.3 is 0 Å². The Labute approximate surface area is 130 Å². The number of anilines is 1. The lowest BCUT2D eigenvalue weighted by Gasteiger charge is -2.39. The molecule has 0 saturated carbocycles. The van der Waals surface area contributed by atoms with E-state index in [0.29, 0.717) is 11.8 Å². The second kappa shape index (κ2) is 4.98.